The summed E-state index contributed by atoms with van der Waals surface area (Å²) in [6.45, 7) is 1.15. The number of carboxylic acids is 1. The number of nitrogens with one attached hydrogen (secondary N) is 2. The fraction of sp³-hybridized carbons (Fsp3) is 0.455. The van der Waals surface area contributed by atoms with Crippen LogP contribution in [-0.4, -0.2) is 40.9 Å². The van der Waals surface area contributed by atoms with Crippen molar-refractivity contribution in [2.75, 3.05) is 13.1 Å². The number of aliphatic hydroxyl groups is 1. The summed E-state index contributed by atoms with van der Waals surface area (Å²) < 4.78 is 0.692. The average molecular weight is 307 g/mol. The Morgan fingerprint density at radius 3 is 2.63 bits per heavy atom. The van der Waals surface area contributed by atoms with E-state index in [0.717, 1.165) is 11.8 Å². The number of carbonyl (C=O) groups is 2. The Labute approximate surface area is 119 Å². The topological polar surface area (TPSA) is 98.7 Å². The molecule has 4 N–H and O–H groups in total. The van der Waals surface area contributed by atoms with E-state index >= 15 is 0 Å². The second-order valence-corrected chi connectivity index (χ2v) is 5.94. The van der Waals surface area contributed by atoms with E-state index in [4.69, 9.17) is 16.7 Å². The molecule has 1 atom stereocenters. The van der Waals surface area contributed by atoms with Crippen LogP contribution < -0.4 is 10.6 Å². The van der Waals surface area contributed by atoms with Crippen LogP contribution in [0, 0.1) is 0 Å². The maximum Gasteiger partial charge on any atom is 0.337 e. The quantitative estimate of drug-likeness (QED) is 0.632. The number of hydrogen-bond acceptors (Lipinski definition) is 4. The average Bonchev–Trinajstić information content (AvgIpc) is 2.72. The largest absolute Gasteiger partial charge is 0.479 e. The van der Waals surface area contributed by atoms with Gasteiger partial charge < -0.3 is 20.8 Å². The van der Waals surface area contributed by atoms with Crippen LogP contribution in [0.4, 0.5) is 4.79 Å². The highest BCUT2D eigenvalue weighted by Crippen LogP contribution is 2.21. The van der Waals surface area contributed by atoms with Crippen LogP contribution in [0.25, 0.3) is 0 Å². The standard InChI is InChI=1S/C11H15ClN2O4S/c1-11(18,9(15)16)6-14-10(17)13-5-4-7-2-3-8(12)19-7/h2-3,18H,4-6H2,1H3,(H,15,16)(H2,13,14,17). The second kappa shape index (κ2) is 6.74. The van der Waals surface area contributed by atoms with E-state index in [-0.39, 0.29) is 6.54 Å². The van der Waals surface area contributed by atoms with E-state index in [2.05, 4.69) is 10.6 Å². The summed E-state index contributed by atoms with van der Waals surface area (Å²) >= 11 is 7.20. The highest BCUT2D eigenvalue weighted by atomic mass is 35.5. The van der Waals surface area contributed by atoms with Gasteiger partial charge in [-0.3, -0.25) is 0 Å². The van der Waals surface area contributed by atoms with Gasteiger partial charge in [-0.15, -0.1) is 11.3 Å². The Kier molecular flexibility index (Phi) is 5.59. The van der Waals surface area contributed by atoms with Crippen molar-refractivity contribution in [3.8, 4) is 0 Å². The normalized spacial score (nSPS) is 13.6. The highest BCUT2D eigenvalue weighted by molar-refractivity contribution is 7.16. The van der Waals surface area contributed by atoms with E-state index < -0.39 is 17.6 Å². The molecular formula is C11H15ClN2O4S. The van der Waals surface area contributed by atoms with Gasteiger partial charge in [0, 0.05) is 11.4 Å². The fourth-order valence-corrected chi connectivity index (χ4v) is 2.26. The number of thiophene rings is 1. The van der Waals surface area contributed by atoms with E-state index in [1.807, 2.05) is 6.07 Å². The van der Waals surface area contributed by atoms with Crippen molar-refractivity contribution in [2.24, 2.45) is 0 Å². The third-order valence-corrected chi connectivity index (χ3v) is 3.63. The van der Waals surface area contributed by atoms with Gasteiger partial charge in [-0.25, -0.2) is 9.59 Å². The molecule has 0 aromatic carbocycles. The molecule has 0 radical (unpaired) electrons. The molecule has 1 rings (SSSR count). The zero-order chi connectivity index (χ0) is 14.5. The number of aliphatic carboxylic acids is 1. The van der Waals surface area contributed by atoms with E-state index in [1.165, 1.54) is 11.3 Å². The third-order valence-electron chi connectivity index (χ3n) is 2.34. The van der Waals surface area contributed by atoms with Crippen LogP contribution in [0.5, 0.6) is 0 Å². The summed E-state index contributed by atoms with van der Waals surface area (Å²) in [7, 11) is 0. The van der Waals surface area contributed by atoms with E-state index in [1.54, 1.807) is 6.07 Å². The van der Waals surface area contributed by atoms with Crippen LogP contribution in [0.3, 0.4) is 0 Å². The van der Waals surface area contributed by atoms with Crippen molar-refractivity contribution >= 4 is 34.9 Å². The van der Waals surface area contributed by atoms with Gasteiger partial charge in [-0.2, -0.15) is 0 Å². The summed E-state index contributed by atoms with van der Waals surface area (Å²) in [6.07, 6.45) is 0.639. The third kappa shape index (κ3) is 5.46. The lowest BCUT2D eigenvalue weighted by Gasteiger charge is -2.18. The highest BCUT2D eigenvalue weighted by Gasteiger charge is 2.30. The lowest BCUT2D eigenvalue weighted by molar-refractivity contribution is -0.155. The van der Waals surface area contributed by atoms with Crippen LogP contribution in [0.2, 0.25) is 4.34 Å². The Bertz CT molecular complexity index is 461. The van der Waals surface area contributed by atoms with Gasteiger partial charge >= 0.3 is 12.0 Å². The van der Waals surface area contributed by atoms with Gasteiger partial charge in [0.25, 0.3) is 0 Å². The molecule has 2 amide bonds. The second-order valence-electron chi connectivity index (χ2n) is 4.14. The monoisotopic (exact) mass is 306 g/mol. The smallest absolute Gasteiger partial charge is 0.337 e. The molecule has 19 heavy (non-hydrogen) atoms. The zero-order valence-corrected chi connectivity index (χ0v) is 11.8. The Hall–Kier alpha value is -1.31. The molecular weight excluding hydrogens is 292 g/mol. The van der Waals surface area contributed by atoms with Crippen LogP contribution in [0.1, 0.15) is 11.8 Å². The first kappa shape index (κ1) is 15.7. The zero-order valence-electron chi connectivity index (χ0n) is 10.3. The number of rotatable bonds is 6. The summed E-state index contributed by atoms with van der Waals surface area (Å²) in [5, 5.41) is 22.9. The predicted molar refractivity (Wildman–Crippen MR) is 72.7 cm³/mol. The molecule has 0 spiro atoms. The lowest BCUT2D eigenvalue weighted by atomic mass is 10.1. The van der Waals surface area contributed by atoms with Gasteiger partial charge in [0.05, 0.1) is 10.9 Å². The molecule has 0 saturated heterocycles. The van der Waals surface area contributed by atoms with Crippen molar-refractivity contribution in [1.29, 1.82) is 0 Å². The SMILES string of the molecule is CC(O)(CNC(=O)NCCc1ccc(Cl)s1)C(=O)O. The van der Waals surface area contributed by atoms with Gasteiger partial charge in [-0.1, -0.05) is 11.6 Å². The molecule has 1 unspecified atom stereocenters. The minimum absolute atomic E-state index is 0.362. The van der Waals surface area contributed by atoms with Gasteiger partial charge in [0.2, 0.25) is 0 Å². The van der Waals surface area contributed by atoms with Gasteiger partial charge in [0.15, 0.2) is 5.60 Å². The van der Waals surface area contributed by atoms with E-state index in [0.29, 0.717) is 17.3 Å². The number of urea groups is 1. The number of halogens is 1. The molecule has 1 aromatic heterocycles. The fourth-order valence-electron chi connectivity index (χ4n) is 1.18. The van der Waals surface area contributed by atoms with Crippen LogP contribution >= 0.6 is 22.9 Å². The first-order valence-electron chi connectivity index (χ1n) is 5.53. The first-order chi connectivity index (χ1) is 8.81. The van der Waals surface area contributed by atoms with Crippen molar-refractivity contribution in [1.82, 2.24) is 10.6 Å². The molecule has 0 aliphatic rings. The van der Waals surface area contributed by atoms with Gasteiger partial charge in [-0.05, 0) is 25.5 Å². The molecule has 1 heterocycles. The number of hydrogen-bond donors (Lipinski definition) is 4. The summed E-state index contributed by atoms with van der Waals surface area (Å²) in [5.74, 6) is -1.39. The van der Waals surface area contributed by atoms with Crippen molar-refractivity contribution < 1.29 is 19.8 Å². The van der Waals surface area contributed by atoms with Crippen molar-refractivity contribution in [3.63, 3.8) is 0 Å². The maximum atomic E-state index is 11.4. The van der Waals surface area contributed by atoms with Crippen LogP contribution in [-0.2, 0) is 11.2 Å². The molecule has 0 bridgehead atoms. The number of amides is 2. The minimum Gasteiger partial charge on any atom is -0.479 e. The van der Waals surface area contributed by atoms with Crippen molar-refractivity contribution in [3.05, 3.63) is 21.3 Å². The molecule has 8 heteroatoms. The Balaban J connectivity index is 2.23. The Morgan fingerprint density at radius 1 is 1.42 bits per heavy atom. The lowest BCUT2D eigenvalue weighted by Crippen LogP contribution is -2.49. The molecule has 0 fully saturated rings. The first-order valence-corrected chi connectivity index (χ1v) is 6.72. The van der Waals surface area contributed by atoms with Crippen LogP contribution in [0.15, 0.2) is 12.1 Å². The van der Waals surface area contributed by atoms with Crippen molar-refractivity contribution in [2.45, 2.75) is 18.9 Å². The molecule has 106 valence electrons. The number of carbonyl (C=O) groups excluding carboxylic acids is 1. The van der Waals surface area contributed by atoms with E-state index in [9.17, 15) is 14.7 Å². The summed E-state index contributed by atoms with van der Waals surface area (Å²) in [4.78, 5) is 23.0. The van der Waals surface area contributed by atoms with Gasteiger partial charge in [0.1, 0.15) is 0 Å². The molecule has 0 saturated carbocycles. The minimum atomic E-state index is -1.97. The molecule has 1 aromatic rings. The summed E-state index contributed by atoms with van der Waals surface area (Å²) in [5.41, 5.74) is -1.97. The molecule has 0 aliphatic heterocycles. The predicted octanol–water partition coefficient (Wildman–Crippen LogP) is 1.08. The summed E-state index contributed by atoms with van der Waals surface area (Å²) in [6, 6.07) is 3.14. The molecule has 0 aliphatic carbocycles. The molecule has 6 nitrogen and oxygen atoms in total. The number of carboxylic acid groups (broad SMARTS) is 1. The maximum absolute atomic E-state index is 11.4. The Morgan fingerprint density at radius 2 is 2.11 bits per heavy atom.